The first-order chi connectivity index (χ1) is 6.58. The fraction of sp³-hybridized carbons (Fsp3) is 0.900. The van der Waals surface area contributed by atoms with Crippen molar-refractivity contribution in [2.75, 3.05) is 32.8 Å². The van der Waals surface area contributed by atoms with Gasteiger partial charge in [0.15, 0.2) is 0 Å². The third-order valence-corrected chi connectivity index (χ3v) is 2.65. The highest BCUT2D eigenvalue weighted by Crippen LogP contribution is 2.23. The lowest BCUT2D eigenvalue weighted by Gasteiger charge is -2.34. The fourth-order valence-corrected chi connectivity index (χ4v) is 1.66. The van der Waals surface area contributed by atoms with Crippen LogP contribution >= 0.6 is 0 Å². The fourth-order valence-electron chi connectivity index (χ4n) is 1.66. The van der Waals surface area contributed by atoms with Gasteiger partial charge >= 0.3 is 0 Å². The molecule has 0 unspecified atom stereocenters. The van der Waals surface area contributed by atoms with Crippen LogP contribution < -0.4 is 5.73 Å². The third kappa shape index (κ3) is 2.69. The normalized spacial score (nSPS) is 18.4. The minimum Gasteiger partial charge on any atom is -0.378 e. The molecule has 0 saturated carbocycles. The van der Waals surface area contributed by atoms with Crippen molar-refractivity contribution in [3.8, 4) is 0 Å². The van der Waals surface area contributed by atoms with Crippen LogP contribution in [-0.4, -0.2) is 43.7 Å². The lowest BCUT2D eigenvalue weighted by atomic mass is 9.87. The van der Waals surface area contributed by atoms with E-state index in [1.165, 1.54) is 0 Å². The van der Waals surface area contributed by atoms with E-state index in [0.717, 1.165) is 6.42 Å². The summed E-state index contributed by atoms with van der Waals surface area (Å²) in [6.45, 7) is 7.22. The molecule has 4 nitrogen and oxygen atoms in total. The van der Waals surface area contributed by atoms with E-state index in [9.17, 15) is 4.79 Å². The molecule has 1 aliphatic rings. The molecule has 4 heteroatoms. The van der Waals surface area contributed by atoms with Crippen LogP contribution in [0, 0.1) is 5.41 Å². The van der Waals surface area contributed by atoms with Gasteiger partial charge in [-0.2, -0.15) is 0 Å². The molecule has 0 radical (unpaired) electrons. The maximum atomic E-state index is 12.0. The monoisotopic (exact) mass is 200 g/mol. The van der Waals surface area contributed by atoms with Gasteiger partial charge < -0.3 is 15.4 Å². The summed E-state index contributed by atoms with van der Waals surface area (Å²) in [6, 6.07) is 0. The van der Waals surface area contributed by atoms with Crippen LogP contribution in [0.15, 0.2) is 0 Å². The van der Waals surface area contributed by atoms with Gasteiger partial charge in [0.05, 0.1) is 13.2 Å². The number of hydrogen-bond donors (Lipinski definition) is 1. The molecule has 1 saturated heterocycles. The minimum absolute atomic E-state index is 0.200. The second kappa shape index (κ2) is 4.75. The first kappa shape index (κ1) is 11.5. The van der Waals surface area contributed by atoms with Crippen LogP contribution in [0.3, 0.4) is 0 Å². The van der Waals surface area contributed by atoms with E-state index in [2.05, 4.69) is 0 Å². The quantitative estimate of drug-likeness (QED) is 0.709. The molecule has 1 amide bonds. The predicted molar refractivity (Wildman–Crippen MR) is 54.9 cm³/mol. The van der Waals surface area contributed by atoms with Gasteiger partial charge in [-0.15, -0.1) is 0 Å². The minimum atomic E-state index is -0.327. The molecule has 0 aromatic heterocycles. The highest BCUT2D eigenvalue weighted by molar-refractivity contribution is 5.82. The molecule has 0 atom stereocenters. The zero-order chi connectivity index (χ0) is 10.6. The van der Waals surface area contributed by atoms with Gasteiger partial charge in [-0.05, 0) is 13.0 Å². The molecule has 0 aromatic rings. The maximum absolute atomic E-state index is 12.0. The lowest BCUT2D eigenvalue weighted by molar-refractivity contribution is -0.144. The Hall–Kier alpha value is -0.610. The van der Waals surface area contributed by atoms with Crippen molar-refractivity contribution in [1.82, 2.24) is 4.90 Å². The van der Waals surface area contributed by atoms with Gasteiger partial charge in [0.25, 0.3) is 0 Å². The van der Waals surface area contributed by atoms with E-state index >= 15 is 0 Å². The Morgan fingerprint density at radius 3 is 2.50 bits per heavy atom. The van der Waals surface area contributed by atoms with E-state index < -0.39 is 0 Å². The summed E-state index contributed by atoms with van der Waals surface area (Å²) in [5, 5.41) is 0. The Bertz CT molecular complexity index is 198. The number of hydrogen-bond acceptors (Lipinski definition) is 3. The lowest BCUT2D eigenvalue weighted by Crippen LogP contribution is -2.47. The average Bonchev–Trinajstić information content (AvgIpc) is 2.18. The number of carbonyl (C=O) groups is 1. The summed E-state index contributed by atoms with van der Waals surface area (Å²) >= 11 is 0. The van der Waals surface area contributed by atoms with E-state index in [4.69, 9.17) is 10.5 Å². The number of nitrogens with zero attached hydrogens (tertiary/aromatic N) is 1. The topological polar surface area (TPSA) is 55.6 Å². The Morgan fingerprint density at radius 1 is 1.43 bits per heavy atom. The number of morpholine rings is 1. The third-order valence-electron chi connectivity index (χ3n) is 2.65. The van der Waals surface area contributed by atoms with E-state index in [-0.39, 0.29) is 11.3 Å². The maximum Gasteiger partial charge on any atom is 0.228 e. The predicted octanol–water partition coefficient (Wildman–Crippen LogP) is 0.220. The van der Waals surface area contributed by atoms with Crippen LogP contribution in [-0.2, 0) is 9.53 Å². The van der Waals surface area contributed by atoms with Gasteiger partial charge in [-0.1, -0.05) is 13.8 Å². The molecule has 0 aromatic carbocycles. The van der Waals surface area contributed by atoms with Crippen molar-refractivity contribution < 1.29 is 9.53 Å². The molecule has 0 bridgehead atoms. The first-order valence-corrected chi connectivity index (χ1v) is 5.15. The zero-order valence-corrected chi connectivity index (χ0v) is 9.08. The highest BCUT2D eigenvalue weighted by atomic mass is 16.5. The van der Waals surface area contributed by atoms with Crippen LogP contribution in [0.5, 0.6) is 0 Å². The molecule has 1 rings (SSSR count). The molecule has 0 aliphatic carbocycles. The molecule has 1 aliphatic heterocycles. The van der Waals surface area contributed by atoms with Crippen LogP contribution in [0.4, 0.5) is 0 Å². The standard InChI is InChI=1S/C10H20N2O2/c1-10(2,3-4-11)9(13)12-5-7-14-8-6-12/h3-8,11H2,1-2H3. The summed E-state index contributed by atoms with van der Waals surface area (Å²) in [4.78, 5) is 13.9. The van der Waals surface area contributed by atoms with Gasteiger partial charge in [-0.25, -0.2) is 0 Å². The van der Waals surface area contributed by atoms with E-state index in [1.807, 2.05) is 18.7 Å². The Morgan fingerprint density at radius 2 is 2.00 bits per heavy atom. The second-order valence-corrected chi connectivity index (χ2v) is 4.33. The molecule has 0 spiro atoms. The zero-order valence-electron chi connectivity index (χ0n) is 9.08. The van der Waals surface area contributed by atoms with Crippen LogP contribution in [0.25, 0.3) is 0 Å². The largest absolute Gasteiger partial charge is 0.378 e. The molecule has 82 valence electrons. The number of amides is 1. The van der Waals surface area contributed by atoms with Crippen molar-refractivity contribution in [2.24, 2.45) is 11.1 Å². The van der Waals surface area contributed by atoms with E-state index in [1.54, 1.807) is 0 Å². The summed E-state index contributed by atoms with van der Waals surface area (Å²) in [5.74, 6) is 0.200. The summed E-state index contributed by atoms with van der Waals surface area (Å²) in [5.41, 5.74) is 5.16. The number of nitrogens with two attached hydrogens (primary N) is 1. The van der Waals surface area contributed by atoms with Gasteiger partial charge in [0, 0.05) is 18.5 Å². The van der Waals surface area contributed by atoms with Crippen LogP contribution in [0.2, 0.25) is 0 Å². The number of ether oxygens (including phenoxy) is 1. The Kier molecular flexibility index (Phi) is 3.89. The molecular formula is C10H20N2O2. The van der Waals surface area contributed by atoms with E-state index in [0.29, 0.717) is 32.8 Å². The SMILES string of the molecule is CC(C)(CCN)C(=O)N1CCOCC1. The Balaban J connectivity index is 2.53. The number of carbonyl (C=O) groups excluding carboxylic acids is 1. The van der Waals surface area contributed by atoms with Crippen molar-refractivity contribution in [2.45, 2.75) is 20.3 Å². The van der Waals surface area contributed by atoms with Crippen molar-refractivity contribution >= 4 is 5.91 Å². The van der Waals surface area contributed by atoms with Crippen molar-refractivity contribution in [1.29, 1.82) is 0 Å². The van der Waals surface area contributed by atoms with Crippen molar-refractivity contribution in [3.05, 3.63) is 0 Å². The van der Waals surface area contributed by atoms with Gasteiger partial charge in [0.1, 0.15) is 0 Å². The van der Waals surface area contributed by atoms with Gasteiger partial charge in [-0.3, -0.25) is 4.79 Å². The second-order valence-electron chi connectivity index (χ2n) is 4.33. The highest BCUT2D eigenvalue weighted by Gasteiger charge is 2.31. The Labute approximate surface area is 85.4 Å². The summed E-state index contributed by atoms with van der Waals surface area (Å²) in [7, 11) is 0. The molecule has 14 heavy (non-hydrogen) atoms. The van der Waals surface area contributed by atoms with Gasteiger partial charge in [0.2, 0.25) is 5.91 Å². The summed E-state index contributed by atoms with van der Waals surface area (Å²) in [6.07, 6.45) is 0.739. The smallest absolute Gasteiger partial charge is 0.228 e. The molecule has 1 heterocycles. The molecule has 1 fully saturated rings. The van der Waals surface area contributed by atoms with Crippen molar-refractivity contribution in [3.63, 3.8) is 0 Å². The first-order valence-electron chi connectivity index (χ1n) is 5.15. The molecular weight excluding hydrogens is 180 g/mol. The molecule has 2 N–H and O–H groups in total. The average molecular weight is 200 g/mol. The summed E-state index contributed by atoms with van der Waals surface area (Å²) < 4.78 is 5.20. The number of rotatable bonds is 3. The van der Waals surface area contributed by atoms with Crippen LogP contribution in [0.1, 0.15) is 20.3 Å².